The van der Waals surface area contributed by atoms with E-state index in [2.05, 4.69) is 10.1 Å². The fourth-order valence-corrected chi connectivity index (χ4v) is 4.15. The van der Waals surface area contributed by atoms with Crippen LogP contribution in [0.4, 0.5) is 31.1 Å². The van der Waals surface area contributed by atoms with Gasteiger partial charge in [-0.1, -0.05) is 13.3 Å². The van der Waals surface area contributed by atoms with Crippen molar-refractivity contribution in [3.05, 3.63) is 23.8 Å². The van der Waals surface area contributed by atoms with Gasteiger partial charge in [0.15, 0.2) is 13.2 Å². The molecule has 204 valence electrons. The number of hydrogen-bond donors (Lipinski definition) is 1. The van der Waals surface area contributed by atoms with Gasteiger partial charge in [0.1, 0.15) is 11.5 Å². The third-order valence-corrected chi connectivity index (χ3v) is 5.62. The fraction of sp³-hybridized carbons (Fsp3) is 0.652. The number of carbonyl (C=O) groups is 2. The second-order valence-corrected chi connectivity index (χ2v) is 8.43. The summed E-state index contributed by atoms with van der Waals surface area (Å²) in [6.45, 7) is 0.764. The Kier molecular flexibility index (Phi) is 10.1. The highest BCUT2D eigenvalue weighted by Crippen LogP contribution is 2.33. The molecule has 2 rings (SSSR count). The standard InChI is InChI=1S/C23H30F6N2O5/c1-3-9-21(10-5-6-11-31(21)20(33)34-4-2)13-30-19(32)17-12-16(35-14-22(24,25)26)7-8-18(17)36-15-23(27,28)29/h7-8,12H,3-6,9-11,13-15H2,1-2H3,(H,30,32). The van der Waals surface area contributed by atoms with Crippen LogP contribution < -0.4 is 14.8 Å². The molecule has 0 bridgehead atoms. The van der Waals surface area contributed by atoms with E-state index in [4.69, 9.17) is 9.47 Å². The maximum Gasteiger partial charge on any atom is 0.422 e. The zero-order valence-corrected chi connectivity index (χ0v) is 20.1. The van der Waals surface area contributed by atoms with Gasteiger partial charge in [-0.25, -0.2) is 4.79 Å². The Morgan fingerprint density at radius 2 is 1.69 bits per heavy atom. The zero-order valence-electron chi connectivity index (χ0n) is 20.1. The van der Waals surface area contributed by atoms with E-state index >= 15 is 0 Å². The number of hydrogen-bond acceptors (Lipinski definition) is 5. The number of ether oxygens (including phenoxy) is 3. The van der Waals surface area contributed by atoms with E-state index in [1.54, 1.807) is 11.8 Å². The van der Waals surface area contributed by atoms with Crippen LogP contribution in [0.5, 0.6) is 11.5 Å². The lowest BCUT2D eigenvalue weighted by Crippen LogP contribution is -2.60. The number of rotatable bonds is 10. The van der Waals surface area contributed by atoms with Crippen LogP contribution >= 0.6 is 0 Å². The minimum absolute atomic E-state index is 0.0369. The van der Waals surface area contributed by atoms with Gasteiger partial charge in [0, 0.05) is 13.1 Å². The number of benzene rings is 1. The molecule has 1 heterocycles. The number of carbonyl (C=O) groups excluding carboxylic acids is 2. The first-order chi connectivity index (χ1) is 16.8. The van der Waals surface area contributed by atoms with Gasteiger partial charge in [-0.3, -0.25) is 4.79 Å². The summed E-state index contributed by atoms with van der Waals surface area (Å²) in [7, 11) is 0. The molecule has 1 atom stereocenters. The molecule has 1 aromatic rings. The lowest BCUT2D eigenvalue weighted by Gasteiger charge is -2.46. The van der Waals surface area contributed by atoms with E-state index in [0.717, 1.165) is 31.0 Å². The SMILES string of the molecule is CCCC1(CNC(=O)c2cc(OCC(F)(F)F)ccc2OCC(F)(F)F)CCCCN1C(=O)OCC. The Hall–Kier alpha value is -2.86. The van der Waals surface area contributed by atoms with Gasteiger partial charge in [0.25, 0.3) is 5.91 Å². The molecular weight excluding hydrogens is 498 g/mol. The van der Waals surface area contributed by atoms with Crippen LogP contribution in [0.3, 0.4) is 0 Å². The van der Waals surface area contributed by atoms with Crippen molar-refractivity contribution in [2.75, 3.05) is 32.9 Å². The Morgan fingerprint density at radius 3 is 2.31 bits per heavy atom. The molecule has 36 heavy (non-hydrogen) atoms. The molecule has 0 spiro atoms. The molecule has 7 nitrogen and oxygen atoms in total. The fourth-order valence-electron chi connectivity index (χ4n) is 4.15. The highest BCUT2D eigenvalue weighted by Gasteiger charge is 2.42. The summed E-state index contributed by atoms with van der Waals surface area (Å²) >= 11 is 0. The summed E-state index contributed by atoms with van der Waals surface area (Å²) < 4.78 is 90.2. The van der Waals surface area contributed by atoms with Crippen LogP contribution in [0.15, 0.2) is 18.2 Å². The molecule has 1 aliphatic rings. The quantitative estimate of drug-likeness (QED) is 0.407. The molecule has 1 N–H and O–H groups in total. The summed E-state index contributed by atoms with van der Waals surface area (Å²) in [5.41, 5.74) is -1.21. The Morgan fingerprint density at radius 1 is 1.03 bits per heavy atom. The van der Waals surface area contributed by atoms with Crippen molar-refractivity contribution < 1.29 is 50.1 Å². The number of halogens is 6. The average molecular weight is 528 g/mol. The van der Waals surface area contributed by atoms with Gasteiger partial charge in [-0.2, -0.15) is 26.3 Å². The van der Waals surface area contributed by atoms with Crippen LogP contribution in [0, 0.1) is 0 Å². The summed E-state index contributed by atoms with van der Waals surface area (Å²) in [6.07, 6.45) is -6.60. The van der Waals surface area contributed by atoms with Crippen LogP contribution in [0.2, 0.25) is 0 Å². The van der Waals surface area contributed by atoms with Crippen molar-refractivity contribution in [1.29, 1.82) is 0 Å². The van der Waals surface area contributed by atoms with Crippen LogP contribution in [0.25, 0.3) is 0 Å². The largest absolute Gasteiger partial charge is 0.484 e. The second kappa shape index (κ2) is 12.4. The normalized spacial score (nSPS) is 18.5. The van der Waals surface area contributed by atoms with Gasteiger partial charge < -0.3 is 24.4 Å². The molecule has 0 saturated carbocycles. The molecule has 1 unspecified atom stereocenters. The average Bonchev–Trinajstić information content (AvgIpc) is 2.80. The van der Waals surface area contributed by atoms with Gasteiger partial charge in [-0.15, -0.1) is 0 Å². The molecule has 0 radical (unpaired) electrons. The molecule has 0 aromatic heterocycles. The van der Waals surface area contributed by atoms with Crippen molar-refractivity contribution in [2.45, 2.75) is 63.8 Å². The highest BCUT2D eigenvalue weighted by atomic mass is 19.4. The number of alkyl halides is 6. The first-order valence-electron chi connectivity index (χ1n) is 11.6. The maximum atomic E-state index is 13.0. The van der Waals surface area contributed by atoms with E-state index < -0.39 is 54.4 Å². The molecule has 1 aliphatic heterocycles. The van der Waals surface area contributed by atoms with Crippen LogP contribution in [-0.4, -0.2) is 67.7 Å². The second-order valence-electron chi connectivity index (χ2n) is 8.43. The number of nitrogens with one attached hydrogen (secondary N) is 1. The van der Waals surface area contributed by atoms with E-state index in [1.807, 2.05) is 6.92 Å². The predicted molar refractivity (Wildman–Crippen MR) is 117 cm³/mol. The summed E-state index contributed by atoms with van der Waals surface area (Å²) in [5, 5.41) is 2.63. The number of amides is 2. The van der Waals surface area contributed by atoms with Crippen LogP contribution in [-0.2, 0) is 4.74 Å². The Bertz CT molecular complexity index is 889. The molecular formula is C23H30F6N2O5. The highest BCUT2D eigenvalue weighted by molar-refractivity contribution is 5.97. The minimum atomic E-state index is -4.70. The topological polar surface area (TPSA) is 77.1 Å². The molecule has 1 fully saturated rings. The molecule has 13 heteroatoms. The van der Waals surface area contributed by atoms with Crippen molar-refractivity contribution in [3.63, 3.8) is 0 Å². The summed E-state index contributed by atoms with van der Waals surface area (Å²) in [5.74, 6) is -1.72. The maximum absolute atomic E-state index is 13.0. The monoisotopic (exact) mass is 528 g/mol. The minimum Gasteiger partial charge on any atom is -0.484 e. The molecule has 1 aromatic carbocycles. The Labute approximate surface area is 205 Å². The summed E-state index contributed by atoms with van der Waals surface area (Å²) in [6, 6.07) is 2.82. The van der Waals surface area contributed by atoms with Gasteiger partial charge in [0.2, 0.25) is 0 Å². The third kappa shape index (κ3) is 8.66. The van der Waals surface area contributed by atoms with Crippen LogP contribution in [0.1, 0.15) is 56.3 Å². The molecule has 1 saturated heterocycles. The van der Waals surface area contributed by atoms with Crippen molar-refractivity contribution in [2.24, 2.45) is 0 Å². The van der Waals surface area contributed by atoms with Crippen molar-refractivity contribution in [3.8, 4) is 11.5 Å². The predicted octanol–water partition coefficient (Wildman–Crippen LogP) is 5.48. The van der Waals surface area contributed by atoms with Crippen molar-refractivity contribution in [1.82, 2.24) is 10.2 Å². The van der Waals surface area contributed by atoms with E-state index in [1.165, 1.54) is 0 Å². The first kappa shape index (κ1) is 29.4. The zero-order chi connectivity index (χ0) is 27.0. The molecule has 0 aliphatic carbocycles. The van der Waals surface area contributed by atoms with E-state index in [9.17, 15) is 35.9 Å². The lowest BCUT2D eigenvalue weighted by atomic mass is 9.82. The smallest absolute Gasteiger partial charge is 0.422 e. The van der Waals surface area contributed by atoms with Gasteiger partial charge >= 0.3 is 18.4 Å². The number of nitrogens with zero attached hydrogens (tertiary/aromatic N) is 1. The first-order valence-corrected chi connectivity index (χ1v) is 11.6. The van der Waals surface area contributed by atoms with E-state index in [-0.39, 0.29) is 18.9 Å². The number of piperidine rings is 1. The summed E-state index contributed by atoms with van der Waals surface area (Å²) in [4.78, 5) is 27.2. The van der Waals surface area contributed by atoms with E-state index in [0.29, 0.717) is 25.8 Å². The van der Waals surface area contributed by atoms with Gasteiger partial charge in [0.05, 0.1) is 17.7 Å². The lowest BCUT2D eigenvalue weighted by molar-refractivity contribution is -0.154. The van der Waals surface area contributed by atoms with Gasteiger partial charge in [-0.05, 0) is 50.8 Å². The van der Waals surface area contributed by atoms with Crippen molar-refractivity contribution >= 4 is 12.0 Å². The number of likely N-dealkylation sites (tertiary alicyclic amines) is 1. The third-order valence-electron chi connectivity index (χ3n) is 5.62. The Balaban J connectivity index is 2.29. The molecule has 2 amide bonds.